The lowest BCUT2D eigenvalue weighted by molar-refractivity contribution is -0.162. The van der Waals surface area contributed by atoms with Gasteiger partial charge in [0.2, 0.25) is 0 Å². The highest BCUT2D eigenvalue weighted by Crippen LogP contribution is 2.31. The summed E-state index contributed by atoms with van der Waals surface area (Å²) in [6.07, 6.45) is 5.17. The van der Waals surface area contributed by atoms with Gasteiger partial charge in [-0.2, -0.15) is 11.8 Å². The molecular formula is C11H20O3S. The molecule has 0 saturated carbocycles. The molecule has 3 nitrogen and oxygen atoms in total. The zero-order chi connectivity index (χ0) is 11.1. The molecule has 1 rings (SSSR count). The average Bonchev–Trinajstić information content (AvgIpc) is 2.67. The number of aliphatic carboxylic acids is 1. The van der Waals surface area contributed by atoms with Gasteiger partial charge in [0.15, 0.2) is 5.60 Å². The van der Waals surface area contributed by atoms with E-state index in [1.54, 1.807) is 11.8 Å². The van der Waals surface area contributed by atoms with Crippen LogP contribution in [0.3, 0.4) is 0 Å². The van der Waals surface area contributed by atoms with Crippen LogP contribution >= 0.6 is 11.8 Å². The highest BCUT2D eigenvalue weighted by molar-refractivity contribution is 7.99. The van der Waals surface area contributed by atoms with E-state index in [1.807, 2.05) is 0 Å². The first-order valence-electron chi connectivity index (χ1n) is 5.66. The first-order valence-corrected chi connectivity index (χ1v) is 6.82. The van der Waals surface area contributed by atoms with Gasteiger partial charge in [0, 0.05) is 12.4 Å². The summed E-state index contributed by atoms with van der Waals surface area (Å²) >= 11 is 1.67. The van der Waals surface area contributed by atoms with Crippen LogP contribution in [-0.2, 0) is 9.53 Å². The standard InChI is InChI=1S/C11H20O3S/c1-2-3-4-5-7-14-11(10(12)13)6-8-15-9-11/h2-9H2,1H3,(H,12,13). The fourth-order valence-corrected chi connectivity index (χ4v) is 2.99. The predicted octanol–water partition coefficient (Wildman–Crippen LogP) is 2.54. The predicted molar refractivity (Wildman–Crippen MR) is 62.4 cm³/mol. The van der Waals surface area contributed by atoms with Crippen molar-refractivity contribution in [1.82, 2.24) is 0 Å². The molecule has 0 radical (unpaired) electrons. The minimum atomic E-state index is -0.878. The first kappa shape index (κ1) is 12.8. The molecule has 0 bridgehead atoms. The van der Waals surface area contributed by atoms with Crippen LogP contribution in [0.1, 0.15) is 39.0 Å². The molecule has 1 N–H and O–H groups in total. The molecule has 1 heterocycles. The van der Waals surface area contributed by atoms with E-state index in [4.69, 9.17) is 9.84 Å². The molecule has 1 aliphatic rings. The van der Waals surface area contributed by atoms with E-state index in [0.717, 1.165) is 18.6 Å². The van der Waals surface area contributed by atoms with Crippen molar-refractivity contribution in [2.75, 3.05) is 18.1 Å². The smallest absolute Gasteiger partial charge is 0.336 e. The SMILES string of the molecule is CCCCCCOC1(C(=O)O)CCSC1. The number of thioether (sulfide) groups is 1. The number of hydrogen-bond acceptors (Lipinski definition) is 3. The number of carboxylic acid groups (broad SMARTS) is 1. The third-order valence-electron chi connectivity index (χ3n) is 2.75. The summed E-state index contributed by atoms with van der Waals surface area (Å²) in [5.41, 5.74) is -0.878. The average molecular weight is 232 g/mol. The normalized spacial score (nSPS) is 25.7. The van der Waals surface area contributed by atoms with Gasteiger partial charge in [-0.15, -0.1) is 0 Å². The summed E-state index contributed by atoms with van der Waals surface area (Å²) in [4.78, 5) is 11.1. The Morgan fingerprint density at radius 1 is 1.47 bits per heavy atom. The Morgan fingerprint density at radius 3 is 2.80 bits per heavy atom. The van der Waals surface area contributed by atoms with Crippen molar-refractivity contribution in [1.29, 1.82) is 0 Å². The summed E-state index contributed by atoms with van der Waals surface area (Å²) < 4.78 is 5.58. The number of unbranched alkanes of at least 4 members (excludes halogenated alkanes) is 3. The van der Waals surface area contributed by atoms with Gasteiger partial charge >= 0.3 is 5.97 Å². The van der Waals surface area contributed by atoms with Crippen LogP contribution in [0.2, 0.25) is 0 Å². The molecule has 0 aliphatic carbocycles. The molecule has 0 spiro atoms. The Kier molecular flexibility index (Phi) is 5.47. The quantitative estimate of drug-likeness (QED) is 0.685. The lowest BCUT2D eigenvalue weighted by atomic mass is 10.0. The van der Waals surface area contributed by atoms with Gasteiger partial charge in [0.05, 0.1) is 0 Å². The maximum Gasteiger partial charge on any atom is 0.336 e. The van der Waals surface area contributed by atoms with Gasteiger partial charge in [-0.3, -0.25) is 0 Å². The number of rotatable bonds is 7. The Morgan fingerprint density at radius 2 is 2.27 bits per heavy atom. The topological polar surface area (TPSA) is 46.5 Å². The van der Waals surface area contributed by atoms with Gasteiger partial charge < -0.3 is 9.84 Å². The van der Waals surface area contributed by atoms with Gasteiger partial charge in [-0.25, -0.2) is 4.79 Å². The van der Waals surface area contributed by atoms with Gasteiger partial charge in [0.1, 0.15) is 0 Å². The second-order valence-electron chi connectivity index (χ2n) is 4.01. The van der Waals surface area contributed by atoms with E-state index < -0.39 is 11.6 Å². The van der Waals surface area contributed by atoms with Crippen LogP contribution in [0.5, 0.6) is 0 Å². The molecule has 0 aromatic heterocycles. The van der Waals surface area contributed by atoms with E-state index in [2.05, 4.69) is 6.92 Å². The summed E-state index contributed by atoms with van der Waals surface area (Å²) in [7, 11) is 0. The molecule has 1 unspecified atom stereocenters. The molecule has 0 aromatic carbocycles. The van der Waals surface area contributed by atoms with Gasteiger partial charge in [-0.05, 0) is 18.6 Å². The molecule has 1 aliphatic heterocycles. The van der Waals surface area contributed by atoms with E-state index in [0.29, 0.717) is 18.8 Å². The summed E-state index contributed by atoms with van der Waals surface area (Å²) in [5.74, 6) is 0.722. The Balaban J connectivity index is 2.24. The van der Waals surface area contributed by atoms with Crippen LogP contribution < -0.4 is 0 Å². The molecular weight excluding hydrogens is 212 g/mol. The van der Waals surface area contributed by atoms with Crippen LogP contribution in [0.25, 0.3) is 0 Å². The molecule has 88 valence electrons. The highest BCUT2D eigenvalue weighted by atomic mass is 32.2. The minimum Gasteiger partial charge on any atom is -0.479 e. The second-order valence-corrected chi connectivity index (χ2v) is 5.12. The van der Waals surface area contributed by atoms with Crippen LogP contribution in [-0.4, -0.2) is 34.8 Å². The Labute approximate surface area is 95.6 Å². The van der Waals surface area contributed by atoms with Gasteiger partial charge in [-0.1, -0.05) is 26.2 Å². The third-order valence-corrected chi connectivity index (χ3v) is 3.91. The van der Waals surface area contributed by atoms with E-state index in [-0.39, 0.29) is 0 Å². The molecule has 1 fully saturated rings. The number of ether oxygens (including phenoxy) is 1. The van der Waals surface area contributed by atoms with Gasteiger partial charge in [0.25, 0.3) is 0 Å². The third kappa shape index (κ3) is 3.68. The number of carboxylic acids is 1. The van der Waals surface area contributed by atoms with E-state index >= 15 is 0 Å². The summed E-state index contributed by atoms with van der Waals surface area (Å²) in [6, 6.07) is 0. The zero-order valence-electron chi connectivity index (χ0n) is 9.33. The van der Waals surface area contributed by atoms with Crippen LogP contribution in [0.4, 0.5) is 0 Å². The fraction of sp³-hybridized carbons (Fsp3) is 0.909. The highest BCUT2D eigenvalue weighted by Gasteiger charge is 2.42. The minimum absolute atomic E-state index is 0.590. The van der Waals surface area contributed by atoms with Crippen molar-refractivity contribution in [3.8, 4) is 0 Å². The maximum atomic E-state index is 11.1. The largest absolute Gasteiger partial charge is 0.479 e. The van der Waals surface area contributed by atoms with Crippen LogP contribution in [0.15, 0.2) is 0 Å². The lowest BCUT2D eigenvalue weighted by Crippen LogP contribution is -2.41. The summed E-state index contributed by atoms with van der Waals surface area (Å²) in [5, 5.41) is 9.13. The van der Waals surface area contributed by atoms with Crippen molar-refractivity contribution in [3.05, 3.63) is 0 Å². The Hall–Kier alpha value is -0.220. The number of carbonyl (C=O) groups is 1. The second kappa shape index (κ2) is 6.38. The Bertz CT molecular complexity index is 200. The molecule has 15 heavy (non-hydrogen) atoms. The molecule has 0 aromatic rings. The summed E-state index contributed by atoms with van der Waals surface area (Å²) in [6.45, 7) is 2.75. The molecule has 1 atom stereocenters. The van der Waals surface area contributed by atoms with Crippen molar-refractivity contribution < 1.29 is 14.6 Å². The van der Waals surface area contributed by atoms with Crippen LogP contribution in [0, 0.1) is 0 Å². The van der Waals surface area contributed by atoms with Crippen molar-refractivity contribution in [3.63, 3.8) is 0 Å². The number of hydrogen-bond donors (Lipinski definition) is 1. The first-order chi connectivity index (χ1) is 7.21. The van der Waals surface area contributed by atoms with Crippen molar-refractivity contribution in [2.24, 2.45) is 0 Å². The van der Waals surface area contributed by atoms with E-state index in [1.165, 1.54) is 12.8 Å². The lowest BCUT2D eigenvalue weighted by Gasteiger charge is -2.23. The molecule has 1 saturated heterocycles. The van der Waals surface area contributed by atoms with Crippen molar-refractivity contribution >= 4 is 17.7 Å². The zero-order valence-corrected chi connectivity index (χ0v) is 10.1. The fourth-order valence-electron chi connectivity index (χ4n) is 1.69. The monoisotopic (exact) mass is 232 g/mol. The molecule has 4 heteroatoms. The van der Waals surface area contributed by atoms with E-state index in [9.17, 15) is 4.79 Å². The van der Waals surface area contributed by atoms with Crippen molar-refractivity contribution in [2.45, 2.75) is 44.6 Å². The molecule has 0 amide bonds. The maximum absolute atomic E-state index is 11.1.